The van der Waals surface area contributed by atoms with E-state index >= 15 is 0 Å². The molecule has 1 heterocycles. The number of hydrogen-bond donors (Lipinski definition) is 0. The van der Waals surface area contributed by atoms with Gasteiger partial charge < -0.3 is 4.74 Å². The average Bonchev–Trinajstić information content (AvgIpc) is 3.17. The quantitative estimate of drug-likeness (QED) is 0.531. The Balaban J connectivity index is 1.52. The number of para-hydroxylation sites is 1. The minimum absolute atomic E-state index is 0.126. The van der Waals surface area contributed by atoms with E-state index in [0.717, 1.165) is 46.5 Å². The summed E-state index contributed by atoms with van der Waals surface area (Å²) in [5, 5.41) is 0.917. The summed E-state index contributed by atoms with van der Waals surface area (Å²) in [5.41, 5.74) is 1.49. The van der Waals surface area contributed by atoms with Crippen molar-refractivity contribution in [1.29, 1.82) is 0 Å². The molecule has 4 heteroatoms. The van der Waals surface area contributed by atoms with E-state index in [4.69, 9.17) is 9.72 Å². The first-order valence-electron chi connectivity index (χ1n) is 9.53. The highest BCUT2D eigenvalue weighted by atomic mass is 32.1. The number of carbonyl (C=O) groups is 1. The first-order chi connectivity index (χ1) is 13.3. The molecule has 2 aromatic carbocycles. The Morgan fingerprint density at radius 1 is 1.04 bits per heavy atom. The molecule has 27 heavy (non-hydrogen) atoms. The molecule has 1 saturated carbocycles. The second-order valence-corrected chi connectivity index (χ2v) is 8.07. The summed E-state index contributed by atoms with van der Waals surface area (Å²) in [7, 11) is 0. The Morgan fingerprint density at radius 2 is 1.78 bits per heavy atom. The monoisotopic (exact) mass is 377 g/mol. The van der Waals surface area contributed by atoms with Crippen LogP contribution in [0.2, 0.25) is 0 Å². The molecular weight excluding hydrogens is 354 g/mol. The second kappa shape index (κ2) is 8.05. The molecule has 0 spiro atoms. The number of esters is 1. The third kappa shape index (κ3) is 3.81. The molecule has 0 unspecified atom stereocenters. The summed E-state index contributed by atoms with van der Waals surface area (Å²) in [6, 6.07) is 18.1. The minimum Gasteiger partial charge on any atom is -0.461 e. The highest BCUT2D eigenvalue weighted by Gasteiger charge is 2.45. The van der Waals surface area contributed by atoms with Gasteiger partial charge in [-0.25, -0.2) is 4.98 Å². The molecule has 0 N–H and O–H groups in total. The Hall–Kier alpha value is -2.46. The number of benzene rings is 2. The summed E-state index contributed by atoms with van der Waals surface area (Å²) in [4.78, 5) is 17.9. The number of fused-ring (bicyclic) bond motifs is 1. The van der Waals surface area contributed by atoms with Crippen LogP contribution in [0.3, 0.4) is 0 Å². The predicted molar refractivity (Wildman–Crippen MR) is 111 cm³/mol. The van der Waals surface area contributed by atoms with Crippen molar-refractivity contribution in [3.05, 3.63) is 71.2 Å². The van der Waals surface area contributed by atoms with Gasteiger partial charge in [0.25, 0.3) is 0 Å². The number of carbonyl (C=O) groups excluding carboxylic acids is 1. The van der Waals surface area contributed by atoms with Gasteiger partial charge in [-0.15, -0.1) is 11.3 Å². The molecule has 1 fully saturated rings. The van der Waals surface area contributed by atoms with Gasteiger partial charge >= 0.3 is 5.97 Å². The maximum absolute atomic E-state index is 13.1. The van der Waals surface area contributed by atoms with Crippen LogP contribution < -0.4 is 0 Å². The van der Waals surface area contributed by atoms with Crippen LogP contribution in [0.15, 0.2) is 60.7 Å². The van der Waals surface area contributed by atoms with Crippen molar-refractivity contribution in [3.8, 4) is 0 Å². The number of nitrogens with zero attached hydrogens (tertiary/aromatic N) is 1. The number of aromatic nitrogens is 1. The van der Waals surface area contributed by atoms with Crippen LogP contribution in [0.25, 0.3) is 16.3 Å². The lowest BCUT2D eigenvalue weighted by Crippen LogP contribution is -2.39. The minimum atomic E-state index is -0.581. The van der Waals surface area contributed by atoms with E-state index in [1.807, 2.05) is 60.7 Å². The van der Waals surface area contributed by atoms with E-state index < -0.39 is 5.41 Å². The molecule has 3 nitrogen and oxygen atoms in total. The topological polar surface area (TPSA) is 39.2 Å². The van der Waals surface area contributed by atoms with Gasteiger partial charge in [-0.05, 0) is 36.6 Å². The molecule has 1 aliphatic rings. The van der Waals surface area contributed by atoms with Crippen LogP contribution in [-0.4, -0.2) is 17.6 Å². The highest BCUT2D eigenvalue weighted by molar-refractivity contribution is 7.18. The second-order valence-electron chi connectivity index (χ2n) is 7.04. The molecule has 0 radical (unpaired) electrons. The van der Waals surface area contributed by atoms with E-state index in [0.29, 0.717) is 6.61 Å². The van der Waals surface area contributed by atoms with Crippen LogP contribution in [0.4, 0.5) is 0 Å². The smallest absolute Gasteiger partial charge is 0.319 e. The highest BCUT2D eigenvalue weighted by Crippen LogP contribution is 2.43. The fraction of sp³-hybridized carbons (Fsp3) is 0.304. The van der Waals surface area contributed by atoms with Crippen LogP contribution >= 0.6 is 11.3 Å². The Bertz CT molecular complexity index is 906. The number of rotatable bonds is 5. The van der Waals surface area contributed by atoms with Gasteiger partial charge in [0.05, 0.1) is 10.2 Å². The van der Waals surface area contributed by atoms with Crippen molar-refractivity contribution >= 4 is 33.6 Å². The van der Waals surface area contributed by atoms with Gasteiger partial charge in [0.15, 0.2) is 0 Å². The third-order valence-electron chi connectivity index (χ3n) is 5.22. The summed E-state index contributed by atoms with van der Waals surface area (Å²) in [6.07, 6.45) is 8.81. The Labute approximate surface area is 163 Å². The summed E-state index contributed by atoms with van der Waals surface area (Å²) in [6.45, 7) is 0.292. The summed E-state index contributed by atoms with van der Waals surface area (Å²) in [5.74, 6) is -0.126. The number of thiazole rings is 1. The molecule has 0 aliphatic heterocycles. The summed E-state index contributed by atoms with van der Waals surface area (Å²) >= 11 is 1.64. The van der Waals surface area contributed by atoms with E-state index in [-0.39, 0.29) is 5.97 Å². The average molecular weight is 378 g/mol. The van der Waals surface area contributed by atoms with Gasteiger partial charge in [-0.2, -0.15) is 0 Å². The fourth-order valence-electron chi connectivity index (χ4n) is 3.75. The Morgan fingerprint density at radius 3 is 2.56 bits per heavy atom. The van der Waals surface area contributed by atoms with Crippen molar-refractivity contribution in [2.75, 3.05) is 6.61 Å². The fourth-order valence-corrected chi connectivity index (χ4v) is 4.95. The molecule has 138 valence electrons. The lowest BCUT2D eigenvalue weighted by Gasteiger charge is -2.32. The first kappa shape index (κ1) is 17.9. The lowest BCUT2D eigenvalue weighted by atomic mass is 9.74. The number of ether oxygens (including phenoxy) is 1. The molecule has 1 aromatic heterocycles. The maximum Gasteiger partial charge on any atom is 0.319 e. The molecule has 3 aromatic rings. The normalized spacial score (nSPS) is 16.6. The SMILES string of the molecule is O=C(OC/C=C/c1ccccc1)C1(c2nc3ccccc3s2)CCCCC1. The zero-order chi connectivity index (χ0) is 18.5. The van der Waals surface area contributed by atoms with Crippen molar-refractivity contribution in [3.63, 3.8) is 0 Å². The standard InChI is InChI=1S/C23H23NO2S/c25-22(26-17-9-12-18-10-3-1-4-11-18)23(15-7-2-8-16-23)21-24-19-13-5-6-14-20(19)27-21/h1,3-6,9-14H,2,7-8,15-17H2/b12-9+. The van der Waals surface area contributed by atoms with Crippen molar-refractivity contribution in [2.24, 2.45) is 0 Å². The van der Waals surface area contributed by atoms with Gasteiger partial charge in [0.2, 0.25) is 0 Å². The van der Waals surface area contributed by atoms with Crippen LogP contribution in [0.1, 0.15) is 42.7 Å². The van der Waals surface area contributed by atoms with E-state index in [1.54, 1.807) is 11.3 Å². The third-order valence-corrected chi connectivity index (χ3v) is 6.46. The molecular formula is C23H23NO2S. The Kier molecular flexibility index (Phi) is 5.35. The van der Waals surface area contributed by atoms with Gasteiger partial charge in [0.1, 0.15) is 17.0 Å². The lowest BCUT2D eigenvalue weighted by molar-refractivity contribution is -0.150. The van der Waals surface area contributed by atoms with E-state index in [1.165, 1.54) is 6.42 Å². The van der Waals surface area contributed by atoms with Gasteiger partial charge in [-0.1, -0.05) is 67.8 Å². The molecule has 0 bridgehead atoms. The molecule has 0 atom stereocenters. The maximum atomic E-state index is 13.1. The molecule has 4 rings (SSSR count). The van der Waals surface area contributed by atoms with Gasteiger partial charge in [0, 0.05) is 0 Å². The molecule has 0 amide bonds. The van der Waals surface area contributed by atoms with Crippen LogP contribution in [0, 0.1) is 0 Å². The van der Waals surface area contributed by atoms with Crippen LogP contribution in [0.5, 0.6) is 0 Å². The zero-order valence-electron chi connectivity index (χ0n) is 15.3. The first-order valence-corrected chi connectivity index (χ1v) is 10.3. The largest absolute Gasteiger partial charge is 0.461 e. The zero-order valence-corrected chi connectivity index (χ0v) is 16.1. The van der Waals surface area contributed by atoms with E-state index in [2.05, 4.69) is 6.07 Å². The molecule has 0 saturated heterocycles. The number of hydrogen-bond acceptors (Lipinski definition) is 4. The predicted octanol–water partition coefficient (Wildman–Crippen LogP) is 5.75. The van der Waals surface area contributed by atoms with Crippen molar-refractivity contribution in [1.82, 2.24) is 4.98 Å². The van der Waals surface area contributed by atoms with Gasteiger partial charge in [-0.3, -0.25) is 4.79 Å². The van der Waals surface area contributed by atoms with E-state index in [9.17, 15) is 4.79 Å². The van der Waals surface area contributed by atoms with Crippen molar-refractivity contribution < 1.29 is 9.53 Å². The van der Waals surface area contributed by atoms with Crippen LogP contribution in [-0.2, 0) is 14.9 Å². The molecule has 1 aliphatic carbocycles. The summed E-state index contributed by atoms with van der Waals surface area (Å²) < 4.78 is 6.83. The van der Waals surface area contributed by atoms with Crippen molar-refractivity contribution in [2.45, 2.75) is 37.5 Å².